The topological polar surface area (TPSA) is 28.2 Å². The van der Waals surface area contributed by atoms with Crippen LogP contribution >= 0.6 is 43.2 Å². The summed E-state index contributed by atoms with van der Waals surface area (Å²) in [6, 6.07) is 4.29. The Morgan fingerprint density at radius 3 is 2.75 bits per heavy atom. The van der Waals surface area contributed by atoms with Crippen molar-refractivity contribution in [1.29, 1.82) is 0 Å². The number of nitrogens with zero attached hydrogens (tertiary/aromatic N) is 2. The van der Waals surface area contributed by atoms with Crippen LogP contribution in [0, 0.1) is 0 Å². The van der Waals surface area contributed by atoms with Crippen molar-refractivity contribution in [1.82, 2.24) is 10.3 Å². The van der Waals surface area contributed by atoms with E-state index in [0.717, 1.165) is 34.4 Å². The zero-order valence-corrected chi connectivity index (χ0v) is 15.5. The number of hydrogen-bond donors (Lipinski definition) is 1. The molecule has 0 saturated carbocycles. The van der Waals surface area contributed by atoms with E-state index < -0.39 is 0 Å². The molecule has 20 heavy (non-hydrogen) atoms. The van der Waals surface area contributed by atoms with Crippen molar-refractivity contribution < 1.29 is 0 Å². The van der Waals surface area contributed by atoms with Gasteiger partial charge in [0.25, 0.3) is 0 Å². The van der Waals surface area contributed by atoms with Gasteiger partial charge in [-0.2, -0.15) is 0 Å². The molecule has 0 radical (unpaired) electrons. The fourth-order valence-corrected chi connectivity index (χ4v) is 3.83. The smallest absolute Gasteiger partial charge is 0.133 e. The number of halogens is 2. The fraction of sp³-hybridized carbons (Fsp3) is 0.357. The summed E-state index contributed by atoms with van der Waals surface area (Å²) in [5, 5.41) is 5.47. The van der Waals surface area contributed by atoms with Crippen LogP contribution in [0.3, 0.4) is 0 Å². The van der Waals surface area contributed by atoms with E-state index in [0.29, 0.717) is 0 Å². The summed E-state index contributed by atoms with van der Waals surface area (Å²) in [6.45, 7) is 4.76. The summed E-state index contributed by atoms with van der Waals surface area (Å²) in [6.07, 6.45) is 1.85. The number of pyridine rings is 1. The SMILES string of the molecule is CCNCc1cc(Br)cnc1N(C)Cc1cc(Br)cs1. The van der Waals surface area contributed by atoms with Crippen molar-refractivity contribution in [2.75, 3.05) is 18.5 Å². The van der Waals surface area contributed by atoms with E-state index in [1.807, 2.05) is 6.20 Å². The molecular formula is C14H17Br2N3S. The van der Waals surface area contributed by atoms with Crippen LogP contribution in [0.2, 0.25) is 0 Å². The normalized spacial score (nSPS) is 10.8. The van der Waals surface area contributed by atoms with Gasteiger partial charge in [-0.1, -0.05) is 6.92 Å². The lowest BCUT2D eigenvalue weighted by atomic mass is 10.2. The number of aromatic nitrogens is 1. The number of anilines is 1. The van der Waals surface area contributed by atoms with Crippen LogP contribution in [0.25, 0.3) is 0 Å². The maximum atomic E-state index is 4.57. The minimum absolute atomic E-state index is 0.830. The van der Waals surface area contributed by atoms with Crippen LogP contribution in [-0.4, -0.2) is 18.6 Å². The van der Waals surface area contributed by atoms with Gasteiger partial charge in [0.2, 0.25) is 0 Å². The third-order valence-corrected chi connectivity index (χ3v) is 4.97. The van der Waals surface area contributed by atoms with Crippen molar-refractivity contribution >= 4 is 49.0 Å². The second-order valence-corrected chi connectivity index (χ2v) is 7.33. The average Bonchev–Trinajstić information content (AvgIpc) is 2.81. The fourth-order valence-electron chi connectivity index (χ4n) is 1.95. The van der Waals surface area contributed by atoms with E-state index in [1.165, 1.54) is 10.4 Å². The molecule has 0 aliphatic carbocycles. The molecular weight excluding hydrogens is 402 g/mol. The highest BCUT2D eigenvalue weighted by molar-refractivity contribution is 9.10. The van der Waals surface area contributed by atoms with Crippen LogP contribution in [0.1, 0.15) is 17.4 Å². The van der Waals surface area contributed by atoms with Crippen molar-refractivity contribution in [2.24, 2.45) is 0 Å². The van der Waals surface area contributed by atoms with Crippen molar-refractivity contribution in [3.8, 4) is 0 Å². The molecule has 0 fully saturated rings. The molecule has 0 aliphatic rings. The molecule has 0 aromatic carbocycles. The zero-order chi connectivity index (χ0) is 14.5. The van der Waals surface area contributed by atoms with Crippen molar-refractivity contribution in [2.45, 2.75) is 20.0 Å². The van der Waals surface area contributed by atoms with Crippen LogP contribution in [-0.2, 0) is 13.1 Å². The third kappa shape index (κ3) is 4.28. The minimum atomic E-state index is 0.830. The van der Waals surface area contributed by atoms with Crippen molar-refractivity contribution in [3.63, 3.8) is 0 Å². The lowest BCUT2D eigenvalue weighted by Gasteiger charge is -2.21. The molecule has 2 heterocycles. The van der Waals surface area contributed by atoms with Crippen molar-refractivity contribution in [3.05, 3.63) is 43.1 Å². The molecule has 0 saturated heterocycles. The summed E-state index contributed by atoms with van der Waals surface area (Å²) in [7, 11) is 2.08. The first-order valence-electron chi connectivity index (χ1n) is 6.39. The molecule has 2 rings (SSSR count). The highest BCUT2D eigenvalue weighted by atomic mass is 79.9. The summed E-state index contributed by atoms with van der Waals surface area (Å²) >= 11 is 8.75. The van der Waals surface area contributed by atoms with Gasteiger partial charge in [-0.3, -0.25) is 0 Å². The van der Waals surface area contributed by atoms with E-state index in [4.69, 9.17) is 0 Å². The molecule has 2 aromatic rings. The molecule has 0 unspecified atom stereocenters. The third-order valence-electron chi connectivity index (χ3n) is 2.85. The average molecular weight is 419 g/mol. The van der Waals surface area contributed by atoms with Crippen LogP contribution < -0.4 is 10.2 Å². The number of rotatable bonds is 6. The van der Waals surface area contributed by atoms with E-state index in [9.17, 15) is 0 Å². The number of nitrogens with one attached hydrogen (secondary N) is 1. The summed E-state index contributed by atoms with van der Waals surface area (Å²) in [5.74, 6) is 1.03. The Morgan fingerprint density at radius 1 is 1.30 bits per heavy atom. The second-order valence-electron chi connectivity index (χ2n) is 4.50. The van der Waals surface area contributed by atoms with Gasteiger partial charge < -0.3 is 10.2 Å². The Bertz CT molecular complexity index is 571. The van der Waals surface area contributed by atoms with Crippen LogP contribution in [0.15, 0.2) is 32.7 Å². The Balaban J connectivity index is 2.17. The largest absolute Gasteiger partial charge is 0.354 e. The van der Waals surface area contributed by atoms with E-state index in [2.05, 4.69) is 78.5 Å². The molecule has 0 amide bonds. The molecule has 0 spiro atoms. The quantitative estimate of drug-likeness (QED) is 0.752. The minimum Gasteiger partial charge on any atom is -0.354 e. The Hall–Kier alpha value is -0.430. The predicted molar refractivity (Wildman–Crippen MR) is 93.4 cm³/mol. The van der Waals surface area contributed by atoms with E-state index in [1.54, 1.807) is 11.3 Å². The van der Waals surface area contributed by atoms with Gasteiger partial charge in [0.1, 0.15) is 5.82 Å². The monoisotopic (exact) mass is 417 g/mol. The number of thiophene rings is 1. The lowest BCUT2D eigenvalue weighted by molar-refractivity contribution is 0.719. The first-order chi connectivity index (χ1) is 9.60. The van der Waals surface area contributed by atoms with Crippen LogP contribution in [0.4, 0.5) is 5.82 Å². The van der Waals surface area contributed by atoms with E-state index >= 15 is 0 Å². The Morgan fingerprint density at radius 2 is 2.10 bits per heavy atom. The molecule has 0 aliphatic heterocycles. The Labute approximate surface area is 140 Å². The van der Waals surface area contributed by atoms with Crippen LogP contribution in [0.5, 0.6) is 0 Å². The van der Waals surface area contributed by atoms with Gasteiger partial charge >= 0.3 is 0 Å². The first kappa shape index (κ1) is 15.9. The molecule has 3 nitrogen and oxygen atoms in total. The van der Waals surface area contributed by atoms with Gasteiger partial charge in [-0.15, -0.1) is 11.3 Å². The maximum Gasteiger partial charge on any atom is 0.133 e. The molecule has 0 atom stereocenters. The molecule has 0 bridgehead atoms. The first-order valence-corrected chi connectivity index (χ1v) is 8.86. The van der Waals surface area contributed by atoms with Gasteiger partial charge in [0.15, 0.2) is 0 Å². The van der Waals surface area contributed by atoms with Gasteiger partial charge in [0.05, 0.1) is 6.54 Å². The zero-order valence-electron chi connectivity index (χ0n) is 11.5. The number of hydrogen-bond acceptors (Lipinski definition) is 4. The summed E-state index contributed by atoms with van der Waals surface area (Å²) < 4.78 is 2.16. The summed E-state index contributed by atoms with van der Waals surface area (Å²) in [4.78, 5) is 8.08. The van der Waals surface area contributed by atoms with E-state index in [-0.39, 0.29) is 0 Å². The standard InChI is InChI=1S/C14H17Br2N3S/c1-3-17-6-10-4-11(15)7-18-14(10)19(2)8-13-5-12(16)9-20-13/h4-5,7,9,17H,3,6,8H2,1-2H3. The molecule has 1 N–H and O–H groups in total. The van der Waals surface area contributed by atoms with Gasteiger partial charge in [0, 0.05) is 44.6 Å². The maximum absolute atomic E-state index is 4.57. The summed E-state index contributed by atoms with van der Waals surface area (Å²) in [5.41, 5.74) is 1.21. The molecule has 2 aromatic heterocycles. The lowest BCUT2D eigenvalue weighted by Crippen LogP contribution is -2.21. The predicted octanol–water partition coefficient (Wildman–Crippen LogP) is 4.41. The second kappa shape index (κ2) is 7.54. The van der Waals surface area contributed by atoms with Gasteiger partial charge in [-0.25, -0.2) is 4.98 Å². The highest BCUT2D eigenvalue weighted by Crippen LogP contribution is 2.25. The molecule has 108 valence electrons. The highest BCUT2D eigenvalue weighted by Gasteiger charge is 2.11. The van der Waals surface area contributed by atoms with Gasteiger partial charge in [-0.05, 0) is 50.5 Å². The molecule has 6 heteroatoms. The Kier molecular flexibility index (Phi) is 6.01.